The normalized spacial score (nSPS) is 27.6. The van der Waals surface area contributed by atoms with E-state index < -0.39 is 5.97 Å². The molecule has 0 amide bonds. The van der Waals surface area contributed by atoms with Crippen LogP contribution in [-0.2, 0) is 4.79 Å². The third-order valence-corrected chi connectivity index (χ3v) is 4.47. The topological polar surface area (TPSA) is 49.3 Å². The molecule has 0 heterocycles. The summed E-state index contributed by atoms with van der Waals surface area (Å²) in [5.74, 6) is -0.702. The second-order valence-corrected chi connectivity index (χ2v) is 5.59. The van der Waals surface area contributed by atoms with Gasteiger partial charge in [0.15, 0.2) is 0 Å². The Labute approximate surface area is 102 Å². The minimum atomic E-state index is -0.702. The van der Waals surface area contributed by atoms with Gasteiger partial charge in [-0.15, -0.1) is 0 Å². The van der Waals surface area contributed by atoms with E-state index in [0.717, 1.165) is 19.3 Å². The largest absolute Gasteiger partial charge is 0.480 e. The van der Waals surface area contributed by atoms with Crippen LogP contribution in [0.4, 0.5) is 0 Å². The van der Waals surface area contributed by atoms with E-state index in [1.54, 1.807) is 0 Å². The maximum atomic E-state index is 11.1. The molecule has 0 aromatic heterocycles. The Kier molecular flexibility index (Phi) is 6.21. The Morgan fingerprint density at radius 3 is 2.75 bits per heavy atom. The Hall–Kier alpha value is -0.220. The molecule has 3 unspecified atom stereocenters. The lowest BCUT2D eigenvalue weighted by Crippen LogP contribution is -2.49. The van der Waals surface area contributed by atoms with Gasteiger partial charge in [0.25, 0.3) is 0 Å². The van der Waals surface area contributed by atoms with Gasteiger partial charge in [0.1, 0.15) is 6.04 Å². The van der Waals surface area contributed by atoms with Crippen molar-refractivity contribution in [3.63, 3.8) is 0 Å². The summed E-state index contributed by atoms with van der Waals surface area (Å²) in [5, 5.41) is 13.1. The van der Waals surface area contributed by atoms with Crippen molar-refractivity contribution in [1.29, 1.82) is 0 Å². The highest BCUT2D eigenvalue weighted by Crippen LogP contribution is 2.27. The Morgan fingerprint density at radius 2 is 2.19 bits per heavy atom. The molecule has 94 valence electrons. The van der Waals surface area contributed by atoms with Crippen molar-refractivity contribution in [2.45, 2.75) is 62.8 Å². The highest BCUT2D eigenvalue weighted by molar-refractivity contribution is 7.99. The smallest absolute Gasteiger partial charge is 0.320 e. The van der Waals surface area contributed by atoms with Crippen molar-refractivity contribution >= 4 is 17.7 Å². The van der Waals surface area contributed by atoms with Gasteiger partial charge in [0, 0.05) is 11.3 Å². The number of hydrogen-bond acceptors (Lipinski definition) is 3. The van der Waals surface area contributed by atoms with Gasteiger partial charge in [0.2, 0.25) is 0 Å². The second-order valence-electron chi connectivity index (χ2n) is 4.51. The van der Waals surface area contributed by atoms with Gasteiger partial charge in [-0.2, -0.15) is 11.8 Å². The quantitative estimate of drug-likeness (QED) is 0.755. The first-order chi connectivity index (χ1) is 7.69. The highest BCUT2D eigenvalue weighted by Gasteiger charge is 2.28. The Bertz CT molecular complexity index is 223. The molecule has 3 atom stereocenters. The minimum absolute atomic E-state index is 0.359. The van der Waals surface area contributed by atoms with Crippen LogP contribution >= 0.6 is 11.8 Å². The van der Waals surface area contributed by atoms with Gasteiger partial charge in [0.05, 0.1) is 0 Å². The minimum Gasteiger partial charge on any atom is -0.480 e. The number of carbonyl (C=O) groups is 1. The summed E-state index contributed by atoms with van der Waals surface area (Å²) in [5.41, 5.74) is 0. The molecule has 0 spiro atoms. The highest BCUT2D eigenvalue weighted by atomic mass is 32.2. The van der Waals surface area contributed by atoms with E-state index >= 15 is 0 Å². The molecule has 3 nitrogen and oxygen atoms in total. The molecule has 0 saturated heterocycles. The lowest BCUT2D eigenvalue weighted by Gasteiger charge is -2.33. The van der Waals surface area contributed by atoms with Crippen molar-refractivity contribution in [3.8, 4) is 0 Å². The van der Waals surface area contributed by atoms with Gasteiger partial charge in [-0.1, -0.05) is 26.2 Å². The summed E-state index contributed by atoms with van der Waals surface area (Å²) in [6.45, 7) is 2.03. The van der Waals surface area contributed by atoms with Crippen molar-refractivity contribution in [3.05, 3.63) is 0 Å². The van der Waals surface area contributed by atoms with Gasteiger partial charge >= 0.3 is 5.97 Å². The van der Waals surface area contributed by atoms with Crippen LogP contribution in [-0.4, -0.2) is 34.7 Å². The summed E-state index contributed by atoms with van der Waals surface area (Å²) >= 11 is 1.87. The Balaban J connectivity index is 2.50. The van der Waals surface area contributed by atoms with E-state index in [-0.39, 0.29) is 6.04 Å². The maximum Gasteiger partial charge on any atom is 0.320 e. The molecule has 1 saturated carbocycles. The SMILES string of the molecule is CCCC(NC1CCCCC1SC)C(=O)O. The fourth-order valence-electron chi connectivity index (χ4n) is 2.39. The number of carboxylic acids is 1. The van der Waals surface area contributed by atoms with Crippen LogP contribution in [0.5, 0.6) is 0 Å². The first-order valence-corrected chi connectivity index (χ1v) is 7.49. The number of thioether (sulfide) groups is 1. The molecule has 1 aliphatic carbocycles. The standard InChI is InChI=1S/C12H23NO2S/c1-3-6-10(12(14)15)13-9-7-4-5-8-11(9)16-2/h9-11,13H,3-8H2,1-2H3,(H,14,15). The fourth-order valence-corrected chi connectivity index (χ4v) is 3.34. The first kappa shape index (κ1) is 13.8. The molecular weight excluding hydrogens is 222 g/mol. The predicted octanol–water partition coefficient (Wildman–Crippen LogP) is 2.50. The lowest BCUT2D eigenvalue weighted by atomic mass is 9.94. The van der Waals surface area contributed by atoms with Crippen LogP contribution in [0.2, 0.25) is 0 Å². The van der Waals surface area contributed by atoms with Crippen molar-refractivity contribution in [2.24, 2.45) is 0 Å². The van der Waals surface area contributed by atoms with Crippen molar-refractivity contribution < 1.29 is 9.90 Å². The van der Waals surface area contributed by atoms with E-state index in [9.17, 15) is 4.79 Å². The first-order valence-electron chi connectivity index (χ1n) is 6.20. The van der Waals surface area contributed by atoms with Crippen molar-refractivity contribution in [2.75, 3.05) is 6.26 Å². The molecule has 1 rings (SSSR count). The molecular formula is C12H23NO2S. The maximum absolute atomic E-state index is 11.1. The molecule has 16 heavy (non-hydrogen) atoms. The van der Waals surface area contributed by atoms with E-state index in [1.165, 1.54) is 19.3 Å². The van der Waals surface area contributed by atoms with Gasteiger partial charge in [-0.05, 0) is 25.5 Å². The van der Waals surface area contributed by atoms with E-state index in [1.807, 2.05) is 18.7 Å². The monoisotopic (exact) mass is 245 g/mol. The summed E-state index contributed by atoms with van der Waals surface area (Å²) in [7, 11) is 0. The van der Waals surface area contributed by atoms with Gasteiger partial charge in [-0.25, -0.2) is 0 Å². The number of rotatable bonds is 6. The van der Waals surface area contributed by atoms with Crippen LogP contribution in [0.1, 0.15) is 45.4 Å². The lowest BCUT2D eigenvalue weighted by molar-refractivity contribution is -0.140. The van der Waals surface area contributed by atoms with Crippen LogP contribution in [0, 0.1) is 0 Å². The number of hydrogen-bond donors (Lipinski definition) is 2. The number of aliphatic carboxylic acids is 1. The molecule has 0 aromatic carbocycles. The average molecular weight is 245 g/mol. The molecule has 1 aliphatic rings. The van der Waals surface area contributed by atoms with Crippen molar-refractivity contribution in [1.82, 2.24) is 5.32 Å². The zero-order chi connectivity index (χ0) is 12.0. The Morgan fingerprint density at radius 1 is 1.50 bits per heavy atom. The van der Waals surface area contributed by atoms with Gasteiger partial charge in [-0.3, -0.25) is 4.79 Å². The molecule has 0 radical (unpaired) electrons. The van der Waals surface area contributed by atoms with E-state index in [0.29, 0.717) is 11.3 Å². The fraction of sp³-hybridized carbons (Fsp3) is 0.917. The van der Waals surface area contributed by atoms with Gasteiger partial charge < -0.3 is 10.4 Å². The second kappa shape index (κ2) is 7.17. The number of nitrogens with one attached hydrogen (secondary N) is 1. The number of carboxylic acid groups (broad SMARTS) is 1. The van der Waals surface area contributed by atoms with Crippen LogP contribution in [0.25, 0.3) is 0 Å². The molecule has 0 aliphatic heterocycles. The summed E-state index contributed by atoms with van der Waals surface area (Å²) in [6.07, 6.45) is 8.63. The summed E-state index contributed by atoms with van der Waals surface area (Å²) in [4.78, 5) is 11.1. The average Bonchev–Trinajstić information content (AvgIpc) is 2.29. The zero-order valence-electron chi connectivity index (χ0n) is 10.2. The summed E-state index contributed by atoms with van der Waals surface area (Å²) < 4.78 is 0. The molecule has 0 bridgehead atoms. The van der Waals surface area contributed by atoms with Crippen LogP contribution in [0.3, 0.4) is 0 Å². The third-order valence-electron chi connectivity index (χ3n) is 3.30. The zero-order valence-corrected chi connectivity index (χ0v) is 11.1. The summed E-state index contributed by atoms with van der Waals surface area (Å²) in [6, 6.07) is 0.0270. The molecule has 1 fully saturated rings. The van der Waals surface area contributed by atoms with Crippen LogP contribution < -0.4 is 5.32 Å². The molecule has 4 heteroatoms. The predicted molar refractivity (Wildman–Crippen MR) is 69.0 cm³/mol. The van der Waals surface area contributed by atoms with E-state index in [2.05, 4.69) is 11.6 Å². The molecule has 0 aromatic rings. The van der Waals surface area contributed by atoms with Crippen LogP contribution in [0.15, 0.2) is 0 Å². The molecule has 2 N–H and O–H groups in total. The van der Waals surface area contributed by atoms with E-state index in [4.69, 9.17) is 5.11 Å². The third kappa shape index (κ3) is 3.98.